The van der Waals surface area contributed by atoms with Gasteiger partial charge in [-0.1, -0.05) is 6.07 Å². The molecule has 1 aromatic rings. The normalized spacial score (nSPS) is 20.9. The van der Waals surface area contributed by atoms with Crippen LogP contribution in [0.4, 0.5) is 11.4 Å². The van der Waals surface area contributed by atoms with E-state index in [9.17, 15) is 13.2 Å². The molecular formula is C14H18N2O3S. The van der Waals surface area contributed by atoms with Crippen molar-refractivity contribution in [3.63, 3.8) is 0 Å². The van der Waals surface area contributed by atoms with Crippen LogP contribution >= 0.6 is 0 Å². The second-order valence-corrected chi connectivity index (χ2v) is 7.52. The van der Waals surface area contributed by atoms with Crippen molar-refractivity contribution in [3.8, 4) is 0 Å². The summed E-state index contributed by atoms with van der Waals surface area (Å²) in [5.41, 5.74) is 2.29. The van der Waals surface area contributed by atoms with Crippen LogP contribution in [0.2, 0.25) is 0 Å². The minimum atomic E-state index is -3.18. The van der Waals surface area contributed by atoms with Gasteiger partial charge in [0.05, 0.1) is 11.4 Å². The Balaban J connectivity index is 1.88. The summed E-state index contributed by atoms with van der Waals surface area (Å²) in [5, 5.41) is 2.90. The van der Waals surface area contributed by atoms with Crippen LogP contribution in [-0.4, -0.2) is 26.6 Å². The summed E-state index contributed by atoms with van der Waals surface area (Å²) in [6.45, 7) is 2.42. The standard InChI is InChI=1S/C14H18N2O3S/c1-10-3-6-12(16-7-2-8-20(16,18)19)9-13(10)15-14(17)11-4-5-11/h3,6,9,11H,2,4-5,7-8H2,1H3,(H,15,17). The van der Waals surface area contributed by atoms with Gasteiger partial charge in [-0.25, -0.2) is 8.42 Å². The molecule has 1 aliphatic carbocycles. The largest absolute Gasteiger partial charge is 0.326 e. The molecule has 1 N–H and O–H groups in total. The van der Waals surface area contributed by atoms with E-state index in [4.69, 9.17) is 0 Å². The summed E-state index contributed by atoms with van der Waals surface area (Å²) in [7, 11) is -3.18. The summed E-state index contributed by atoms with van der Waals surface area (Å²) >= 11 is 0. The van der Waals surface area contributed by atoms with Gasteiger partial charge >= 0.3 is 0 Å². The molecule has 3 rings (SSSR count). The van der Waals surface area contributed by atoms with Crippen LogP contribution < -0.4 is 9.62 Å². The van der Waals surface area contributed by atoms with Crippen LogP contribution in [0.25, 0.3) is 0 Å². The maximum atomic E-state index is 11.9. The number of aryl methyl sites for hydroxylation is 1. The topological polar surface area (TPSA) is 66.5 Å². The monoisotopic (exact) mass is 294 g/mol. The zero-order valence-electron chi connectivity index (χ0n) is 11.4. The highest BCUT2D eigenvalue weighted by molar-refractivity contribution is 7.93. The maximum absolute atomic E-state index is 11.9. The molecule has 1 saturated carbocycles. The number of nitrogens with one attached hydrogen (secondary N) is 1. The van der Waals surface area contributed by atoms with Crippen molar-refractivity contribution in [1.82, 2.24) is 0 Å². The van der Waals surface area contributed by atoms with Gasteiger partial charge in [-0.3, -0.25) is 9.10 Å². The minimum Gasteiger partial charge on any atom is -0.326 e. The quantitative estimate of drug-likeness (QED) is 0.925. The molecule has 1 heterocycles. The van der Waals surface area contributed by atoms with Crippen LogP contribution in [0.15, 0.2) is 18.2 Å². The van der Waals surface area contributed by atoms with E-state index >= 15 is 0 Å². The predicted octanol–water partition coefficient (Wildman–Crippen LogP) is 1.88. The van der Waals surface area contributed by atoms with E-state index in [0.717, 1.165) is 18.4 Å². The number of sulfonamides is 1. The Morgan fingerprint density at radius 3 is 2.70 bits per heavy atom. The molecule has 0 atom stereocenters. The SMILES string of the molecule is Cc1ccc(N2CCCS2(=O)=O)cc1NC(=O)C1CC1. The minimum absolute atomic E-state index is 0.0366. The molecule has 20 heavy (non-hydrogen) atoms. The number of hydrogen-bond donors (Lipinski definition) is 1. The van der Waals surface area contributed by atoms with Crippen molar-refractivity contribution in [2.75, 3.05) is 21.9 Å². The summed E-state index contributed by atoms with van der Waals surface area (Å²) in [5.74, 6) is 0.369. The molecule has 1 aromatic carbocycles. The third-order valence-electron chi connectivity index (χ3n) is 3.81. The van der Waals surface area contributed by atoms with Gasteiger partial charge in [-0.05, 0) is 43.9 Å². The Morgan fingerprint density at radius 1 is 1.35 bits per heavy atom. The number of amides is 1. The summed E-state index contributed by atoms with van der Waals surface area (Å²) in [6.07, 6.45) is 2.55. The highest BCUT2D eigenvalue weighted by Crippen LogP contribution is 2.32. The fourth-order valence-corrected chi connectivity index (χ4v) is 3.97. The molecule has 6 heteroatoms. The Kier molecular flexibility index (Phi) is 3.20. The molecule has 0 unspecified atom stereocenters. The molecule has 0 spiro atoms. The van der Waals surface area contributed by atoms with E-state index in [1.165, 1.54) is 4.31 Å². The third-order valence-corrected chi connectivity index (χ3v) is 5.68. The van der Waals surface area contributed by atoms with Crippen LogP contribution in [0.3, 0.4) is 0 Å². The van der Waals surface area contributed by atoms with Crippen LogP contribution in [0.5, 0.6) is 0 Å². The highest BCUT2D eigenvalue weighted by Gasteiger charge is 2.31. The van der Waals surface area contributed by atoms with E-state index in [0.29, 0.717) is 24.3 Å². The average Bonchev–Trinajstić information content (AvgIpc) is 3.17. The van der Waals surface area contributed by atoms with Crippen molar-refractivity contribution in [2.45, 2.75) is 26.2 Å². The second-order valence-electron chi connectivity index (χ2n) is 5.50. The second kappa shape index (κ2) is 4.77. The molecule has 0 bridgehead atoms. The molecule has 1 aliphatic heterocycles. The van der Waals surface area contributed by atoms with Gasteiger partial charge in [0, 0.05) is 18.2 Å². The summed E-state index contributed by atoms with van der Waals surface area (Å²) in [4.78, 5) is 11.8. The number of carbonyl (C=O) groups excluding carboxylic acids is 1. The predicted molar refractivity (Wildman–Crippen MR) is 78.3 cm³/mol. The van der Waals surface area contributed by atoms with Gasteiger partial charge < -0.3 is 5.32 Å². The van der Waals surface area contributed by atoms with E-state index < -0.39 is 10.0 Å². The fraction of sp³-hybridized carbons (Fsp3) is 0.500. The van der Waals surface area contributed by atoms with Crippen LogP contribution in [0, 0.1) is 12.8 Å². The van der Waals surface area contributed by atoms with Crippen molar-refractivity contribution in [2.24, 2.45) is 5.92 Å². The molecule has 0 radical (unpaired) electrons. The van der Waals surface area contributed by atoms with Crippen LogP contribution in [0.1, 0.15) is 24.8 Å². The Bertz CT molecular complexity index is 650. The molecule has 5 nitrogen and oxygen atoms in total. The highest BCUT2D eigenvalue weighted by atomic mass is 32.2. The first-order chi connectivity index (χ1) is 9.47. The van der Waals surface area contributed by atoms with Gasteiger partial charge in [0.15, 0.2) is 0 Å². The van der Waals surface area contributed by atoms with Gasteiger partial charge in [0.2, 0.25) is 15.9 Å². The molecule has 2 aliphatic rings. The molecule has 1 saturated heterocycles. The molecule has 108 valence electrons. The van der Waals surface area contributed by atoms with E-state index in [-0.39, 0.29) is 17.6 Å². The summed E-state index contributed by atoms with van der Waals surface area (Å²) in [6, 6.07) is 5.41. The zero-order valence-corrected chi connectivity index (χ0v) is 12.2. The number of benzene rings is 1. The Hall–Kier alpha value is -1.56. The van der Waals surface area contributed by atoms with Crippen molar-refractivity contribution < 1.29 is 13.2 Å². The maximum Gasteiger partial charge on any atom is 0.235 e. The molecule has 0 aromatic heterocycles. The van der Waals surface area contributed by atoms with Gasteiger partial charge in [-0.15, -0.1) is 0 Å². The lowest BCUT2D eigenvalue weighted by atomic mass is 10.1. The number of nitrogens with zero attached hydrogens (tertiary/aromatic N) is 1. The lowest BCUT2D eigenvalue weighted by Crippen LogP contribution is -2.25. The molecule has 2 fully saturated rings. The summed E-state index contributed by atoms with van der Waals surface area (Å²) < 4.78 is 25.3. The number of hydrogen-bond acceptors (Lipinski definition) is 3. The van der Waals surface area contributed by atoms with Gasteiger partial charge in [-0.2, -0.15) is 0 Å². The number of anilines is 2. The van der Waals surface area contributed by atoms with Crippen molar-refractivity contribution >= 4 is 27.3 Å². The van der Waals surface area contributed by atoms with E-state index in [2.05, 4.69) is 5.32 Å². The molecular weight excluding hydrogens is 276 g/mol. The first-order valence-electron chi connectivity index (χ1n) is 6.89. The molecule has 1 amide bonds. The average molecular weight is 294 g/mol. The third kappa shape index (κ3) is 2.52. The van der Waals surface area contributed by atoms with Gasteiger partial charge in [0.25, 0.3) is 0 Å². The van der Waals surface area contributed by atoms with E-state index in [1.54, 1.807) is 12.1 Å². The van der Waals surface area contributed by atoms with Crippen LogP contribution in [-0.2, 0) is 14.8 Å². The lowest BCUT2D eigenvalue weighted by Gasteiger charge is -2.19. The van der Waals surface area contributed by atoms with Crippen molar-refractivity contribution in [3.05, 3.63) is 23.8 Å². The van der Waals surface area contributed by atoms with Gasteiger partial charge in [0.1, 0.15) is 0 Å². The zero-order chi connectivity index (χ0) is 14.3. The first kappa shape index (κ1) is 13.4. The van der Waals surface area contributed by atoms with Crippen molar-refractivity contribution in [1.29, 1.82) is 0 Å². The lowest BCUT2D eigenvalue weighted by molar-refractivity contribution is -0.117. The fourth-order valence-electron chi connectivity index (χ4n) is 2.41. The van der Waals surface area contributed by atoms with E-state index in [1.807, 2.05) is 13.0 Å². The Morgan fingerprint density at radius 2 is 2.10 bits per heavy atom. The Labute approximate surface area is 119 Å². The first-order valence-corrected chi connectivity index (χ1v) is 8.50. The number of carbonyl (C=O) groups is 1. The number of rotatable bonds is 3. The smallest absolute Gasteiger partial charge is 0.235 e.